The highest BCUT2D eigenvalue weighted by atomic mass is 31.0. The molecule has 0 saturated heterocycles. The normalized spacial score (nSPS) is 10.4. The molecule has 0 bridgehead atoms. The molecule has 0 saturated carbocycles. The number of carbonyl (C=O) groups excluding carboxylic acids is 1. The van der Waals surface area contributed by atoms with Gasteiger partial charge in [-0.1, -0.05) is 23.1 Å². The Labute approximate surface area is 86.9 Å². The molecule has 0 aliphatic heterocycles. The molecule has 0 heterocycles. The third-order valence-electron chi connectivity index (χ3n) is 2.14. The SMILES string of the molecule is COc1ccc(C(=O)P)cc1C(C)C. The average molecular weight is 210 g/mol. The van der Waals surface area contributed by atoms with Crippen LogP contribution in [0.1, 0.15) is 35.7 Å². The zero-order chi connectivity index (χ0) is 10.7. The second-order valence-electron chi connectivity index (χ2n) is 3.48. The number of hydrogen-bond acceptors (Lipinski definition) is 2. The van der Waals surface area contributed by atoms with Crippen molar-refractivity contribution in [1.29, 1.82) is 0 Å². The van der Waals surface area contributed by atoms with E-state index in [0.29, 0.717) is 11.5 Å². The predicted molar refractivity (Wildman–Crippen MR) is 61.1 cm³/mol. The fourth-order valence-electron chi connectivity index (χ4n) is 1.34. The summed E-state index contributed by atoms with van der Waals surface area (Å²) < 4.78 is 5.22. The lowest BCUT2D eigenvalue weighted by Gasteiger charge is -2.12. The van der Waals surface area contributed by atoms with E-state index in [-0.39, 0.29) is 5.52 Å². The Bertz CT molecular complexity index is 345. The molecule has 1 atom stereocenters. The van der Waals surface area contributed by atoms with E-state index in [2.05, 4.69) is 23.1 Å². The van der Waals surface area contributed by atoms with Crippen LogP contribution >= 0.6 is 9.24 Å². The van der Waals surface area contributed by atoms with E-state index in [1.165, 1.54) is 0 Å². The molecule has 14 heavy (non-hydrogen) atoms. The van der Waals surface area contributed by atoms with Crippen LogP contribution in [0.2, 0.25) is 0 Å². The zero-order valence-electron chi connectivity index (χ0n) is 8.70. The average Bonchev–Trinajstić information content (AvgIpc) is 2.16. The van der Waals surface area contributed by atoms with Crippen molar-refractivity contribution < 1.29 is 9.53 Å². The van der Waals surface area contributed by atoms with E-state index in [0.717, 1.165) is 11.3 Å². The van der Waals surface area contributed by atoms with E-state index in [9.17, 15) is 4.79 Å². The van der Waals surface area contributed by atoms with Crippen molar-refractivity contribution in [3.05, 3.63) is 29.3 Å². The smallest absolute Gasteiger partial charge is 0.178 e. The minimum absolute atomic E-state index is 0.00885. The van der Waals surface area contributed by atoms with Gasteiger partial charge in [0.25, 0.3) is 0 Å². The largest absolute Gasteiger partial charge is 0.496 e. The van der Waals surface area contributed by atoms with E-state index in [1.54, 1.807) is 13.2 Å². The first-order chi connectivity index (χ1) is 6.56. The third kappa shape index (κ3) is 2.33. The van der Waals surface area contributed by atoms with Crippen LogP contribution < -0.4 is 4.74 Å². The quantitative estimate of drug-likeness (QED) is 0.717. The van der Waals surface area contributed by atoms with Crippen LogP contribution in [0.5, 0.6) is 5.75 Å². The van der Waals surface area contributed by atoms with Crippen molar-refractivity contribution in [2.24, 2.45) is 0 Å². The van der Waals surface area contributed by atoms with Gasteiger partial charge in [0.15, 0.2) is 5.52 Å². The Morgan fingerprint density at radius 2 is 2.07 bits per heavy atom. The van der Waals surface area contributed by atoms with E-state index in [1.807, 2.05) is 12.1 Å². The second kappa shape index (κ2) is 4.56. The van der Waals surface area contributed by atoms with Gasteiger partial charge < -0.3 is 4.74 Å². The maximum Gasteiger partial charge on any atom is 0.178 e. The van der Waals surface area contributed by atoms with Crippen molar-refractivity contribution in [2.45, 2.75) is 19.8 Å². The molecule has 1 unspecified atom stereocenters. The molecule has 1 rings (SSSR count). The van der Waals surface area contributed by atoms with Crippen molar-refractivity contribution in [1.82, 2.24) is 0 Å². The lowest BCUT2D eigenvalue weighted by Crippen LogP contribution is -1.97. The molecule has 0 radical (unpaired) electrons. The summed E-state index contributed by atoms with van der Waals surface area (Å²) in [6.07, 6.45) is 0. The number of ether oxygens (including phenoxy) is 1. The molecule has 0 fully saturated rings. The van der Waals surface area contributed by atoms with Crippen molar-refractivity contribution in [2.75, 3.05) is 7.11 Å². The highest BCUT2D eigenvalue weighted by Crippen LogP contribution is 2.27. The molecule has 0 aliphatic carbocycles. The number of methoxy groups -OCH3 is 1. The summed E-state index contributed by atoms with van der Waals surface area (Å²) in [6, 6.07) is 5.51. The molecule has 76 valence electrons. The lowest BCUT2D eigenvalue weighted by molar-refractivity contribution is 0.108. The Morgan fingerprint density at radius 3 is 2.50 bits per heavy atom. The fraction of sp³-hybridized carbons (Fsp3) is 0.364. The number of rotatable bonds is 3. The second-order valence-corrected chi connectivity index (χ2v) is 4.00. The molecule has 2 nitrogen and oxygen atoms in total. The van der Waals surface area contributed by atoms with Crippen LogP contribution in [-0.4, -0.2) is 12.6 Å². The molecule has 1 aromatic carbocycles. The Balaban J connectivity index is 3.20. The molecule has 0 aliphatic rings. The molecule has 0 aromatic heterocycles. The lowest BCUT2D eigenvalue weighted by atomic mass is 10.00. The molecule has 0 spiro atoms. The van der Waals surface area contributed by atoms with Gasteiger partial charge in [-0.25, -0.2) is 0 Å². The summed E-state index contributed by atoms with van der Waals surface area (Å²) in [5.41, 5.74) is 1.79. The molecule has 3 heteroatoms. The van der Waals surface area contributed by atoms with Crippen LogP contribution in [0, 0.1) is 0 Å². The Kier molecular flexibility index (Phi) is 3.65. The fourth-order valence-corrected chi connectivity index (χ4v) is 1.52. The van der Waals surface area contributed by atoms with Gasteiger partial charge in [-0.05, 0) is 29.7 Å². The van der Waals surface area contributed by atoms with E-state index >= 15 is 0 Å². The van der Waals surface area contributed by atoms with Gasteiger partial charge >= 0.3 is 0 Å². The van der Waals surface area contributed by atoms with Crippen molar-refractivity contribution in [3.63, 3.8) is 0 Å². The van der Waals surface area contributed by atoms with Gasteiger partial charge in [-0.3, -0.25) is 4.79 Å². The highest BCUT2D eigenvalue weighted by molar-refractivity contribution is 7.41. The molecule has 0 amide bonds. The van der Waals surface area contributed by atoms with E-state index in [4.69, 9.17) is 4.74 Å². The molecule has 1 aromatic rings. The molecular weight excluding hydrogens is 195 g/mol. The molecule has 0 N–H and O–H groups in total. The maximum atomic E-state index is 11.1. The van der Waals surface area contributed by atoms with Crippen molar-refractivity contribution in [3.8, 4) is 5.75 Å². The van der Waals surface area contributed by atoms with Gasteiger partial charge in [0.05, 0.1) is 7.11 Å². The van der Waals surface area contributed by atoms with E-state index < -0.39 is 0 Å². The van der Waals surface area contributed by atoms with Gasteiger partial charge in [0, 0.05) is 5.56 Å². The first-order valence-corrected chi connectivity index (χ1v) is 5.11. The number of benzene rings is 1. The van der Waals surface area contributed by atoms with Crippen molar-refractivity contribution >= 4 is 14.8 Å². The van der Waals surface area contributed by atoms with Crippen LogP contribution in [0.3, 0.4) is 0 Å². The minimum atomic E-state index is 0.00885. The summed E-state index contributed by atoms with van der Waals surface area (Å²) >= 11 is 0. The number of carbonyl (C=O) groups is 1. The zero-order valence-corrected chi connectivity index (χ0v) is 9.86. The first kappa shape index (κ1) is 11.2. The Hall–Kier alpha value is -0.880. The van der Waals surface area contributed by atoms with Crippen LogP contribution in [0.25, 0.3) is 0 Å². The topological polar surface area (TPSA) is 26.3 Å². The predicted octanol–water partition coefficient (Wildman–Crippen LogP) is 2.83. The van der Waals surface area contributed by atoms with Crippen LogP contribution in [-0.2, 0) is 0 Å². The maximum absolute atomic E-state index is 11.1. The highest BCUT2D eigenvalue weighted by Gasteiger charge is 2.09. The first-order valence-electron chi connectivity index (χ1n) is 4.54. The van der Waals surface area contributed by atoms with Gasteiger partial charge in [0.1, 0.15) is 5.75 Å². The summed E-state index contributed by atoms with van der Waals surface area (Å²) in [5.74, 6) is 1.20. The summed E-state index contributed by atoms with van der Waals surface area (Å²) in [6.45, 7) is 4.16. The van der Waals surface area contributed by atoms with Crippen LogP contribution in [0.4, 0.5) is 0 Å². The van der Waals surface area contributed by atoms with Gasteiger partial charge in [-0.15, -0.1) is 0 Å². The monoisotopic (exact) mass is 210 g/mol. The van der Waals surface area contributed by atoms with Gasteiger partial charge in [-0.2, -0.15) is 0 Å². The van der Waals surface area contributed by atoms with Crippen LogP contribution in [0.15, 0.2) is 18.2 Å². The Morgan fingerprint density at radius 1 is 1.43 bits per heavy atom. The van der Waals surface area contributed by atoms with Gasteiger partial charge in [0.2, 0.25) is 0 Å². The summed E-state index contributed by atoms with van der Waals surface area (Å²) in [5, 5.41) is 0. The molecular formula is C11H15O2P. The number of hydrogen-bond donors (Lipinski definition) is 0. The standard InChI is InChI=1S/C11H15O2P/c1-7(2)9-6-8(11(12)14)4-5-10(9)13-3/h4-7H,14H2,1-3H3. The summed E-state index contributed by atoms with van der Waals surface area (Å²) in [4.78, 5) is 11.1. The summed E-state index contributed by atoms with van der Waals surface area (Å²) in [7, 11) is 3.82. The minimum Gasteiger partial charge on any atom is -0.496 e. The third-order valence-corrected chi connectivity index (χ3v) is 2.47.